The number of likely N-dealkylation sites (tertiary alicyclic amines) is 1. The third-order valence-corrected chi connectivity index (χ3v) is 4.81. The molecule has 22 heavy (non-hydrogen) atoms. The molecule has 0 aromatic heterocycles. The summed E-state index contributed by atoms with van der Waals surface area (Å²) in [5.41, 5.74) is 2.77. The Morgan fingerprint density at radius 1 is 0.955 bits per heavy atom. The summed E-state index contributed by atoms with van der Waals surface area (Å²) in [7, 11) is 0. The molecule has 1 heterocycles. The molecular weight excluding hydrogens is 336 g/mol. The van der Waals surface area contributed by atoms with Gasteiger partial charge in [0.25, 0.3) is 0 Å². The van der Waals surface area contributed by atoms with E-state index in [-0.39, 0.29) is 0 Å². The standard InChI is InChI=1S/C19H23BrN2/c20-18-8-4-7-17(13-18)14-21-19-9-11-22(12-10-19)15-16-5-2-1-3-6-16/h1-8,13,19,21H,9-12,14-15H2. The van der Waals surface area contributed by atoms with E-state index >= 15 is 0 Å². The van der Waals surface area contributed by atoms with Crippen LogP contribution in [-0.4, -0.2) is 24.0 Å². The number of halogens is 1. The fraction of sp³-hybridized carbons (Fsp3) is 0.368. The highest BCUT2D eigenvalue weighted by atomic mass is 79.9. The van der Waals surface area contributed by atoms with E-state index in [1.54, 1.807) is 0 Å². The molecule has 3 heteroatoms. The van der Waals surface area contributed by atoms with Gasteiger partial charge in [0.15, 0.2) is 0 Å². The zero-order valence-corrected chi connectivity index (χ0v) is 14.4. The first kappa shape index (κ1) is 15.7. The maximum Gasteiger partial charge on any atom is 0.0233 e. The lowest BCUT2D eigenvalue weighted by Crippen LogP contribution is -2.41. The largest absolute Gasteiger partial charge is 0.310 e. The molecular formula is C19H23BrN2. The maximum absolute atomic E-state index is 3.70. The summed E-state index contributed by atoms with van der Waals surface area (Å²) in [6.45, 7) is 4.41. The van der Waals surface area contributed by atoms with Crippen LogP contribution in [0.2, 0.25) is 0 Å². The van der Waals surface area contributed by atoms with Gasteiger partial charge < -0.3 is 5.32 Å². The fourth-order valence-corrected chi connectivity index (χ4v) is 3.49. The van der Waals surface area contributed by atoms with Crippen LogP contribution >= 0.6 is 15.9 Å². The maximum atomic E-state index is 3.70. The molecule has 2 aromatic rings. The second-order valence-corrected chi connectivity index (χ2v) is 6.96. The molecule has 0 spiro atoms. The topological polar surface area (TPSA) is 15.3 Å². The van der Waals surface area contributed by atoms with E-state index in [9.17, 15) is 0 Å². The SMILES string of the molecule is Brc1cccc(CNC2CCN(Cc3ccccc3)CC2)c1. The fourth-order valence-electron chi connectivity index (χ4n) is 3.05. The van der Waals surface area contributed by atoms with Crippen molar-refractivity contribution < 1.29 is 0 Å². The Balaban J connectivity index is 1.42. The van der Waals surface area contributed by atoms with Gasteiger partial charge in [0.1, 0.15) is 0 Å². The quantitative estimate of drug-likeness (QED) is 0.861. The first-order chi connectivity index (χ1) is 10.8. The van der Waals surface area contributed by atoms with Crippen LogP contribution in [0.25, 0.3) is 0 Å². The molecule has 0 amide bonds. The molecule has 2 aromatic carbocycles. The summed E-state index contributed by atoms with van der Waals surface area (Å²) >= 11 is 3.53. The van der Waals surface area contributed by atoms with Crippen molar-refractivity contribution in [2.75, 3.05) is 13.1 Å². The minimum Gasteiger partial charge on any atom is -0.310 e. The van der Waals surface area contributed by atoms with Gasteiger partial charge >= 0.3 is 0 Å². The van der Waals surface area contributed by atoms with E-state index in [1.807, 2.05) is 0 Å². The van der Waals surface area contributed by atoms with Crippen LogP contribution in [0.4, 0.5) is 0 Å². The molecule has 1 saturated heterocycles. The second kappa shape index (κ2) is 7.91. The predicted octanol–water partition coefficient (Wildman–Crippen LogP) is 4.20. The third kappa shape index (κ3) is 4.67. The van der Waals surface area contributed by atoms with Crippen LogP contribution < -0.4 is 5.32 Å². The summed E-state index contributed by atoms with van der Waals surface area (Å²) in [5, 5.41) is 3.70. The molecule has 1 aliphatic heterocycles. The van der Waals surface area contributed by atoms with Crippen molar-refractivity contribution >= 4 is 15.9 Å². The Kier molecular flexibility index (Phi) is 5.65. The van der Waals surface area contributed by atoms with Crippen molar-refractivity contribution in [3.63, 3.8) is 0 Å². The first-order valence-electron chi connectivity index (χ1n) is 8.04. The zero-order chi connectivity index (χ0) is 15.2. The molecule has 116 valence electrons. The molecule has 3 rings (SSSR count). The number of rotatable bonds is 5. The van der Waals surface area contributed by atoms with Crippen LogP contribution in [0.5, 0.6) is 0 Å². The lowest BCUT2D eigenvalue weighted by Gasteiger charge is -2.32. The molecule has 1 aliphatic rings. The Morgan fingerprint density at radius 3 is 2.41 bits per heavy atom. The van der Waals surface area contributed by atoms with Gasteiger partial charge in [-0.15, -0.1) is 0 Å². The van der Waals surface area contributed by atoms with Crippen molar-refractivity contribution in [1.29, 1.82) is 0 Å². The average Bonchev–Trinajstić information content (AvgIpc) is 2.55. The highest BCUT2D eigenvalue weighted by molar-refractivity contribution is 9.10. The van der Waals surface area contributed by atoms with E-state index < -0.39 is 0 Å². The van der Waals surface area contributed by atoms with Gasteiger partial charge in [0.2, 0.25) is 0 Å². The van der Waals surface area contributed by atoms with Crippen LogP contribution in [0.15, 0.2) is 59.1 Å². The summed E-state index contributed by atoms with van der Waals surface area (Å²) in [6.07, 6.45) is 2.47. The number of benzene rings is 2. The van der Waals surface area contributed by atoms with Crippen molar-refractivity contribution in [2.45, 2.75) is 32.0 Å². The first-order valence-corrected chi connectivity index (χ1v) is 8.83. The average molecular weight is 359 g/mol. The number of nitrogens with zero attached hydrogens (tertiary/aromatic N) is 1. The van der Waals surface area contributed by atoms with E-state index in [0.717, 1.165) is 17.6 Å². The molecule has 0 saturated carbocycles. The lowest BCUT2D eigenvalue weighted by molar-refractivity contribution is 0.190. The van der Waals surface area contributed by atoms with E-state index in [1.165, 1.54) is 37.1 Å². The summed E-state index contributed by atoms with van der Waals surface area (Å²) < 4.78 is 1.16. The van der Waals surface area contributed by atoms with Crippen LogP contribution in [0.3, 0.4) is 0 Å². The van der Waals surface area contributed by atoms with E-state index in [0.29, 0.717) is 6.04 Å². The second-order valence-electron chi connectivity index (χ2n) is 6.05. The Bertz CT molecular complexity index is 577. The summed E-state index contributed by atoms with van der Waals surface area (Å²) in [6, 6.07) is 20.0. The molecule has 0 aliphatic carbocycles. The normalized spacial score (nSPS) is 16.8. The highest BCUT2D eigenvalue weighted by Gasteiger charge is 2.18. The molecule has 1 fully saturated rings. The van der Waals surface area contributed by atoms with Crippen LogP contribution in [0.1, 0.15) is 24.0 Å². The Hall–Kier alpha value is -1.16. The number of hydrogen-bond donors (Lipinski definition) is 1. The third-order valence-electron chi connectivity index (χ3n) is 4.32. The van der Waals surface area contributed by atoms with Gasteiger partial charge in [0, 0.05) is 23.6 Å². The van der Waals surface area contributed by atoms with E-state index in [2.05, 4.69) is 80.7 Å². The minimum absolute atomic E-state index is 0.644. The van der Waals surface area contributed by atoms with Gasteiger partial charge in [-0.1, -0.05) is 58.4 Å². The van der Waals surface area contributed by atoms with Crippen LogP contribution in [0, 0.1) is 0 Å². The van der Waals surface area contributed by atoms with Gasteiger partial charge in [-0.3, -0.25) is 4.90 Å². The lowest BCUT2D eigenvalue weighted by atomic mass is 10.0. The van der Waals surface area contributed by atoms with Crippen molar-refractivity contribution in [3.05, 3.63) is 70.2 Å². The molecule has 0 atom stereocenters. The van der Waals surface area contributed by atoms with Crippen LogP contribution in [-0.2, 0) is 13.1 Å². The molecule has 0 radical (unpaired) electrons. The Labute approximate surface area is 141 Å². The molecule has 2 nitrogen and oxygen atoms in total. The van der Waals surface area contributed by atoms with Gasteiger partial charge in [-0.25, -0.2) is 0 Å². The zero-order valence-electron chi connectivity index (χ0n) is 12.8. The molecule has 0 bridgehead atoms. The van der Waals surface area contributed by atoms with Crippen molar-refractivity contribution in [2.24, 2.45) is 0 Å². The number of nitrogens with one attached hydrogen (secondary N) is 1. The summed E-state index contributed by atoms with van der Waals surface area (Å²) in [4.78, 5) is 2.56. The smallest absolute Gasteiger partial charge is 0.0233 e. The monoisotopic (exact) mass is 358 g/mol. The predicted molar refractivity (Wildman–Crippen MR) is 95.7 cm³/mol. The van der Waals surface area contributed by atoms with Gasteiger partial charge in [-0.2, -0.15) is 0 Å². The molecule has 0 unspecified atom stereocenters. The van der Waals surface area contributed by atoms with Crippen molar-refractivity contribution in [3.8, 4) is 0 Å². The van der Waals surface area contributed by atoms with Gasteiger partial charge in [-0.05, 0) is 49.2 Å². The highest BCUT2D eigenvalue weighted by Crippen LogP contribution is 2.15. The summed E-state index contributed by atoms with van der Waals surface area (Å²) in [5.74, 6) is 0. The number of hydrogen-bond acceptors (Lipinski definition) is 2. The van der Waals surface area contributed by atoms with Crippen molar-refractivity contribution in [1.82, 2.24) is 10.2 Å². The minimum atomic E-state index is 0.644. The molecule has 1 N–H and O–H groups in total. The van der Waals surface area contributed by atoms with E-state index in [4.69, 9.17) is 0 Å². The Morgan fingerprint density at radius 2 is 1.68 bits per heavy atom. The van der Waals surface area contributed by atoms with Gasteiger partial charge in [0.05, 0.1) is 0 Å². The number of piperidine rings is 1.